The zero-order chi connectivity index (χ0) is 14.7. The van der Waals surface area contributed by atoms with E-state index in [1.165, 1.54) is 0 Å². The van der Waals surface area contributed by atoms with Crippen LogP contribution in [-0.4, -0.2) is 38.9 Å². The maximum atomic E-state index is 12.7. The summed E-state index contributed by atoms with van der Waals surface area (Å²) in [5, 5.41) is 3.17. The Kier molecular flexibility index (Phi) is 5.58. The maximum Gasteiger partial charge on any atom is 0.243 e. The van der Waals surface area contributed by atoms with Crippen molar-refractivity contribution in [2.45, 2.75) is 4.90 Å². The average molecular weight is 339 g/mol. The Morgan fingerprint density at radius 2 is 1.50 bits per heavy atom. The van der Waals surface area contributed by atoms with Crippen molar-refractivity contribution >= 4 is 22.4 Å². The minimum absolute atomic E-state index is 0. The first-order valence-corrected chi connectivity index (χ1v) is 8.48. The van der Waals surface area contributed by atoms with Crippen LogP contribution >= 0.6 is 12.4 Å². The van der Waals surface area contributed by atoms with Crippen LogP contribution in [-0.2, 0) is 10.0 Å². The Balaban J connectivity index is 0.00000176. The quantitative estimate of drug-likeness (QED) is 0.934. The molecule has 0 aromatic heterocycles. The number of benzene rings is 2. The summed E-state index contributed by atoms with van der Waals surface area (Å²) in [4.78, 5) is 0.366. The van der Waals surface area contributed by atoms with E-state index in [1.54, 1.807) is 22.5 Å². The summed E-state index contributed by atoms with van der Waals surface area (Å²) in [6.45, 7) is 2.46. The van der Waals surface area contributed by atoms with Crippen LogP contribution in [0.2, 0.25) is 0 Å². The SMILES string of the molecule is Cl.O=S(=O)(c1cccc(-c2ccccc2)c1)N1CCNCC1. The molecule has 1 heterocycles. The van der Waals surface area contributed by atoms with Gasteiger partial charge in [0, 0.05) is 26.2 Å². The van der Waals surface area contributed by atoms with Gasteiger partial charge < -0.3 is 5.32 Å². The van der Waals surface area contributed by atoms with Crippen LogP contribution in [0, 0.1) is 0 Å². The summed E-state index contributed by atoms with van der Waals surface area (Å²) in [6, 6.07) is 17.0. The zero-order valence-electron chi connectivity index (χ0n) is 12.1. The van der Waals surface area contributed by atoms with Gasteiger partial charge in [-0.1, -0.05) is 42.5 Å². The van der Waals surface area contributed by atoms with Crippen molar-refractivity contribution in [1.29, 1.82) is 0 Å². The summed E-state index contributed by atoms with van der Waals surface area (Å²) < 4.78 is 26.9. The number of hydrogen-bond acceptors (Lipinski definition) is 3. The molecular formula is C16H19ClN2O2S. The van der Waals surface area contributed by atoms with E-state index in [2.05, 4.69) is 5.32 Å². The zero-order valence-corrected chi connectivity index (χ0v) is 13.7. The number of hydrogen-bond donors (Lipinski definition) is 1. The predicted molar refractivity (Wildman–Crippen MR) is 90.8 cm³/mol. The second-order valence-electron chi connectivity index (χ2n) is 5.05. The van der Waals surface area contributed by atoms with Crippen LogP contribution in [0.4, 0.5) is 0 Å². The molecule has 2 aromatic rings. The molecule has 1 N–H and O–H groups in total. The highest BCUT2D eigenvalue weighted by atomic mass is 35.5. The van der Waals surface area contributed by atoms with Gasteiger partial charge in [0.05, 0.1) is 4.90 Å². The highest BCUT2D eigenvalue weighted by Crippen LogP contribution is 2.24. The lowest BCUT2D eigenvalue weighted by molar-refractivity contribution is 0.360. The van der Waals surface area contributed by atoms with Crippen LogP contribution in [0.5, 0.6) is 0 Å². The molecule has 1 fully saturated rings. The van der Waals surface area contributed by atoms with Crippen LogP contribution in [0.1, 0.15) is 0 Å². The monoisotopic (exact) mass is 338 g/mol. The van der Waals surface area contributed by atoms with E-state index in [0.717, 1.165) is 11.1 Å². The number of rotatable bonds is 3. The van der Waals surface area contributed by atoms with Crippen LogP contribution in [0.3, 0.4) is 0 Å². The fourth-order valence-electron chi connectivity index (χ4n) is 2.50. The number of halogens is 1. The molecule has 3 rings (SSSR count). The minimum atomic E-state index is -3.40. The van der Waals surface area contributed by atoms with Crippen molar-refractivity contribution in [1.82, 2.24) is 9.62 Å². The van der Waals surface area contributed by atoms with Crippen molar-refractivity contribution < 1.29 is 8.42 Å². The van der Waals surface area contributed by atoms with E-state index < -0.39 is 10.0 Å². The molecule has 0 spiro atoms. The average Bonchev–Trinajstić information content (AvgIpc) is 2.57. The molecule has 0 unspecified atom stereocenters. The van der Waals surface area contributed by atoms with E-state index in [0.29, 0.717) is 31.1 Å². The molecule has 0 aliphatic carbocycles. The molecule has 0 amide bonds. The van der Waals surface area contributed by atoms with Crippen molar-refractivity contribution in [2.75, 3.05) is 26.2 Å². The molecule has 1 aliphatic heterocycles. The first-order valence-electron chi connectivity index (χ1n) is 7.04. The van der Waals surface area contributed by atoms with Crippen molar-refractivity contribution in [2.24, 2.45) is 0 Å². The molecular weight excluding hydrogens is 320 g/mol. The molecule has 0 saturated carbocycles. The van der Waals surface area contributed by atoms with Gasteiger partial charge in [-0.3, -0.25) is 0 Å². The third kappa shape index (κ3) is 3.50. The van der Waals surface area contributed by atoms with E-state index in [-0.39, 0.29) is 12.4 Å². The molecule has 4 nitrogen and oxygen atoms in total. The fraction of sp³-hybridized carbons (Fsp3) is 0.250. The summed E-state index contributed by atoms with van der Waals surface area (Å²) in [6.07, 6.45) is 0. The van der Waals surface area contributed by atoms with E-state index in [9.17, 15) is 8.42 Å². The smallest absolute Gasteiger partial charge is 0.243 e. The van der Waals surface area contributed by atoms with Crippen LogP contribution in [0.15, 0.2) is 59.5 Å². The summed E-state index contributed by atoms with van der Waals surface area (Å²) in [5.74, 6) is 0. The van der Waals surface area contributed by atoms with Gasteiger partial charge in [0.1, 0.15) is 0 Å². The van der Waals surface area contributed by atoms with Gasteiger partial charge in [-0.25, -0.2) is 8.42 Å². The molecule has 0 bridgehead atoms. The highest BCUT2D eigenvalue weighted by molar-refractivity contribution is 7.89. The molecule has 118 valence electrons. The second-order valence-corrected chi connectivity index (χ2v) is 6.99. The summed E-state index contributed by atoms with van der Waals surface area (Å²) in [7, 11) is -3.40. The van der Waals surface area contributed by atoms with Gasteiger partial charge in [-0.2, -0.15) is 4.31 Å². The van der Waals surface area contributed by atoms with Gasteiger partial charge in [0.15, 0.2) is 0 Å². The molecule has 6 heteroatoms. The van der Waals surface area contributed by atoms with Gasteiger partial charge in [-0.05, 0) is 23.3 Å². The number of piperazine rings is 1. The number of sulfonamides is 1. The largest absolute Gasteiger partial charge is 0.314 e. The normalized spacial score (nSPS) is 16.0. The third-order valence-electron chi connectivity index (χ3n) is 3.65. The lowest BCUT2D eigenvalue weighted by Gasteiger charge is -2.26. The van der Waals surface area contributed by atoms with E-state index in [4.69, 9.17) is 0 Å². The van der Waals surface area contributed by atoms with E-state index >= 15 is 0 Å². The molecule has 1 saturated heterocycles. The molecule has 2 aromatic carbocycles. The lowest BCUT2D eigenvalue weighted by Crippen LogP contribution is -2.46. The second kappa shape index (κ2) is 7.24. The minimum Gasteiger partial charge on any atom is -0.314 e. The van der Waals surface area contributed by atoms with Crippen LogP contribution < -0.4 is 5.32 Å². The first kappa shape index (κ1) is 17.0. The highest BCUT2D eigenvalue weighted by Gasteiger charge is 2.25. The summed E-state index contributed by atoms with van der Waals surface area (Å²) >= 11 is 0. The van der Waals surface area contributed by atoms with Gasteiger partial charge in [0.2, 0.25) is 10.0 Å². The maximum absolute atomic E-state index is 12.7. The van der Waals surface area contributed by atoms with Crippen LogP contribution in [0.25, 0.3) is 11.1 Å². The Morgan fingerprint density at radius 1 is 0.864 bits per heavy atom. The Hall–Kier alpha value is -1.40. The molecule has 0 radical (unpaired) electrons. The molecule has 22 heavy (non-hydrogen) atoms. The topological polar surface area (TPSA) is 49.4 Å². The van der Waals surface area contributed by atoms with Gasteiger partial charge >= 0.3 is 0 Å². The van der Waals surface area contributed by atoms with Gasteiger partial charge in [-0.15, -0.1) is 12.4 Å². The first-order chi connectivity index (χ1) is 10.2. The van der Waals surface area contributed by atoms with Crippen molar-refractivity contribution in [3.63, 3.8) is 0 Å². The number of nitrogens with one attached hydrogen (secondary N) is 1. The third-order valence-corrected chi connectivity index (χ3v) is 5.55. The predicted octanol–water partition coefficient (Wildman–Crippen LogP) is 2.37. The lowest BCUT2D eigenvalue weighted by atomic mass is 10.1. The molecule has 0 atom stereocenters. The standard InChI is InChI=1S/C16H18N2O2S.ClH/c19-21(20,18-11-9-17-10-12-18)16-8-4-7-15(13-16)14-5-2-1-3-6-14;/h1-8,13,17H,9-12H2;1H. The Bertz CT molecular complexity index is 714. The number of nitrogens with zero attached hydrogens (tertiary/aromatic N) is 1. The van der Waals surface area contributed by atoms with Crippen molar-refractivity contribution in [3.8, 4) is 11.1 Å². The van der Waals surface area contributed by atoms with E-state index in [1.807, 2.05) is 36.4 Å². The summed E-state index contributed by atoms with van der Waals surface area (Å²) in [5.41, 5.74) is 1.95. The molecule has 1 aliphatic rings. The Labute approximate surface area is 137 Å². The Morgan fingerprint density at radius 3 is 2.18 bits per heavy atom. The van der Waals surface area contributed by atoms with Crippen molar-refractivity contribution in [3.05, 3.63) is 54.6 Å². The van der Waals surface area contributed by atoms with Gasteiger partial charge in [0.25, 0.3) is 0 Å². The fourth-order valence-corrected chi connectivity index (χ4v) is 3.99.